The minimum atomic E-state index is -0.493. The molecule has 0 fully saturated rings. The highest BCUT2D eigenvalue weighted by Gasteiger charge is 2.24. The summed E-state index contributed by atoms with van der Waals surface area (Å²) in [6, 6.07) is 12.0. The Kier molecular flexibility index (Phi) is 5.93. The Morgan fingerprint density at radius 3 is 2.76 bits per heavy atom. The number of ketones is 1. The SMILES string of the molecule is Cc1ccc(C)c(C(=O)CSc2nc3sc4c(c3c(=O)n2-c2ccccc2F)CCCC4)c1. The van der Waals surface area contributed by atoms with Crippen molar-refractivity contribution in [3.05, 3.63) is 85.8 Å². The van der Waals surface area contributed by atoms with Crippen molar-refractivity contribution in [1.29, 1.82) is 0 Å². The molecule has 2 aromatic carbocycles. The lowest BCUT2D eigenvalue weighted by Gasteiger charge is -2.14. The van der Waals surface area contributed by atoms with Crippen molar-refractivity contribution in [3.63, 3.8) is 0 Å². The molecule has 0 saturated heterocycles. The number of hydrogen-bond acceptors (Lipinski definition) is 5. The number of benzene rings is 2. The monoisotopic (exact) mass is 478 g/mol. The Balaban J connectivity index is 1.62. The number of fused-ring (bicyclic) bond motifs is 3. The molecule has 2 aromatic heterocycles. The van der Waals surface area contributed by atoms with Gasteiger partial charge in [0.25, 0.3) is 5.56 Å². The van der Waals surface area contributed by atoms with Gasteiger partial charge in [-0.2, -0.15) is 0 Å². The number of para-hydroxylation sites is 1. The molecule has 7 heteroatoms. The maximum absolute atomic E-state index is 14.8. The predicted molar refractivity (Wildman–Crippen MR) is 133 cm³/mol. The van der Waals surface area contributed by atoms with Gasteiger partial charge in [0.05, 0.1) is 16.8 Å². The van der Waals surface area contributed by atoms with E-state index in [-0.39, 0.29) is 22.8 Å². The lowest BCUT2D eigenvalue weighted by atomic mass is 9.97. The number of thioether (sulfide) groups is 1. The molecule has 0 unspecified atom stereocenters. The highest BCUT2D eigenvalue weighted by atomic mass is 32.2. The number of nitrogens with zero attached hydrogens (tertiary/aromatic N) is 2. The highest BCUT2D eigenvalue weighted by molar-refractivity contribution is 7.99. The van der Waals surface area contributed by atoms with Crippen molar-refractivity contribution in [2.45, 2.75) is 44.7 Å². The van der Waals surface area contributed by atoms with Crippen LogP contribution < -0.4 is 5.56 Å². The van der Waals surface area contributed by atoms with Gasteiger partial charge in [-0.3, -0.25) is 14.2 Å². The van der Waals surface area contributed by atoms with Crippen molar-refractivity contribution in [3.8, 4) is 5.69 Å². The zero-order chi connectivity index (χ0) is 23.1. The van der Waals surface area contributed by atoms with E-state index in [1.807, 2.05) is 32.0 Å². The van der Waals surface area contributed by atoms with Gasteiger partial charge in [-0.1, -0.05) is 41.6 Å². The van der Waals surface area contributed by atoms with E-state index in [1.165, 1.54) is 27.3 Å². The number of Topliss-reactive ketones (excluding diaryl/α,β-unsaturated/α-hetero) is 1. The molecule has 1 aliphatic carbocycles. The average molecular weight is 479 g/mol. The van der Waals surface area contributed by atoms with E-state index >= 15 is 0 Å². The minimum absolute atomic E-state index is 0.0406. The smallest absolute Gasteiger partial charge is 0.267 e. The molecule has 2 heterocycles. The first-order valence-corrected chi connectivity index (χ1v) is 12.8. The van der Waals surface area contributed by atoms with Crippen LogP contribution in [0.4, 0.5) is 4.39 Å². The molecule has 0 amide bonds. The van der Waals surface area contributed by atoms with E-state index in [4.69, 9.17) is 4.98 Å². The summed E-state index contributed by atoms with van der Waals surface area (Å²) in [5, 5.41) is 0.943. The van der Waals surface area contributed by atoms with Crippen molar-refractivity contribution in [1.82, 2.24) is 9.55 Å². The molecule has 0 saturated carbocycles. The minimum Gasteiger partial charge on any atom is -0.293 e. The Bertz CT molecular complexity index is 1450. The van der Waals surface area contributed by atoms with Crippen molar-refractivity contribution >= 4 is 39.1 Å². The van der Waals surface area contributed by atoms with Gasteiger partial charge in [-0.25, -0.2) is 9.37 Å². The standard InChI is InChI=1S/C26H23FN2O2S2/c1-15-11-12-16(2)18(13-15)21(30)14-32-26-28-24-23(17-7-3-6-10-22(17)33-24)25(31)29(26)20-9-5-4-8-19(20)27/h4-5,8-9,11-13H,3,6-7,10,14H2,1-2H3. The summed E-state index contributed by atoms with van der Waals surface area (Å²) < 4.78 is 16.1. The van der Waals surface area contributed by atoms with E-state index in [2.05, 4.69) is 0 Å². The van der Waals surface area contributed by atoms with Crippen LogP contribution in [0.1, 0.15) is 44.8 Å². The number of aryl methyl sites for hydroxylation is 4. The molecule has 0 aliphatic heterocycles. The molecule has 4 nitrogen and oxygen atoms in total. The molecular weight excluding hydrogens is 455 g/mol. The van der Waals surface area contributed by atoms with Gasteiger partial charge in [0, 0.05) is 10.4 Å². The second kappa shape index (κ2) is 8.88. The molecule has 4 aromatic rings. The molecular formula is C26H23FN2O2S2. The number of halogens is 1. The van der Waals surface area contributed by atoms with Crippen LogP contribution in [0.25, 0.3) is 15.9 Å². The molecule has 168 valence electrons. The Labute approximate surface area is 199 Å². The Morgan fingerprint density at radius 1 is 1.15 bits per heavy atom. The van der Waals surface area contributed by atoms with Crippen LogP contribution in [-0.2, 0) is 12.8 Å². The van der Waals surface area contributed by atoms with E-state index in [0.29, 0.717) is 20.9 Å². The molecule has 33 heavy (non-hydrogen) atoms. The molecule has 0 atom stereocenters. The average Bonchev–Trinajstić information content (AvgIpc) is 3.18. The molecule has 0 N–H and O–H groups in total. The van der Waals surface area contributed by atoms with E-state index in [9.17, 15) is 14.0 Å². The molecule has 0 radical (unpaired) electrons. The number of thiophene rings is 1. The van der Waals surface area contributed by atoms with Crippen LogP contribution in [0, 0.1) is 19.7 Å². The van der Waals surface area contributed by atoms with Gasteiger partial charge >= 0.3 is 0 Å². The fraction of sp³-hybridized carbons (Fsp3) is 0.269. The van der Waals surface area contributed by atoms with E-state index < -0.39 is 5.82 Å². The van der Waals surface area contributed by atoms with Gasteiger partial charge in [0.15, 0.2) is 10.9 Å². The van der Waals surface area contributed by atoms with Crippen LogP contribution in [0.5, 0.6) is 0 Å². The van der Waals surface area contributed by atoms with E-state index in [0.717, 1.165) is 42.4 Å². The molecule has 0 spiro atoms. The topological polar surface area (TPSA) is 52.0 Å². The van der Waals surface area contributed by atoms with Crippen LogP contribution in [0.3, 0.4) is 0 Å². The Hall–Kier alpha value is -2.77. The number of aromatic nitrogens is 2. The number of rotatable bonds is 5. The highest BCUT2D eigenvalue weighted by Crippen LogP contribution is 2.35. The van der Waals surface area contributed by atoms with Crippen LogP contribution in [0.15, 0.2) is 52.4 Å². The summed E-state index contributed by atoms with van der Waals surface area (Å²) >= 11 is 2.74. The van der Waals surface area contributed by atoms with Gasteiger partial charge in [0.1, 0.15) is 10.6 Å². The summed E-state index contributed by atoms with van der Waals surface area (Å²) in [6.45, 7) is 3.86. The van der Waals surface area contributed by atoms with Gasteiger partial charge in [0.2, 0.25) is 0 Å². The van der Waals surface area contributed by atoms with Crippen molar-refractivity contribution in [2.75, 3.05) is 5.75 Å². The fourth-order valence-corrected chi connectivity index (χ4v) is 6.56. The largest absolute Gasteiger partial charge is 0.293 e. The summed E-state index contributed by atoms with van der Waals surface area (Å²) in [5.74, 6) is -0.421. The lowest BCUT2D eigenvalue weighted by molar-refractivity contribution is 0.102. The van der Waals surface area contributed by atoms with Crippen LogP contribution in [-0.4, -0.2) is 21.1 Å². The van der Waals surface area contributed by atoms with Crippen molar-refractivity contribution < 1.29 is 9.18 Å². The van der Waals surface area contributed by atoms with Gasteiger partial charge in [-0.15, -0.1) is 11.3 Å². The maximum atomic E-state index is 14.8. The predicted octanol–water partition coefficient (Wildman–Crippen LogP) is 6.06. The fourth-order valence-electron chi connectivity index (χ4n) is 4.37. The number of carbonyl (C=O) groups is 1. The second-order valence-corrected chi connectivity index (χ2v) is 10.4. The second-order valence-electron chi connectivity index (χ2n) is 8.41. The quantitative estimate of drug-likeness (QED) is 0.199. The number of hydrogen-bond donors (Lipinski definition) is 0. The molecule has 5 rings (SSSR count). The summed E-state index contributed by atoms with van der Waals surface area (Å²) in [6.07, 6.45) is 3.94. The summed E-state index contributed by atoms with van der Waals surface area (Å²) in [7, 11) is 0. The first-order chi connectivity index (χ1) is 15.9. The van der Waals surface area contributed by atoms with Crippen LogP contribution in [0.2, 0.25) is 0 Å². The van der Waals surface area contributed by atoms with Gasteiger partial charge < -0.3 is 0 Å². The first kappa shape index (κ1) is 22.0. The zero-order valence-electron chi connectivity index (χ0n) is 18.5. The van der Waals surface area contributed by atoms with Gasteiger partial charge in [-0.05, 0) is 68.9 Å². The molecule has 0 bridgehead atoms. The molecule has 1 aliphatic rings. The normalized spacial score (nSPS) is 13.3. The third-order valence-corrected chi connectivity index (χ3v) is 8.20. The summed E-state index contributed by atoms with van der Waals surface area (Å²) in [5.41, 5.74) is 3.55. The third kappa shape index (κ3) is 4.04. The van der Waals surface area contributed by atoms with E-state index in [1.54, 1.807) is 29.5 Å². The number of carbonyl (C=O) groups excluding carboxylic acids is 1. The third-order valence-electron chi connectivity index (χ3n) is 6.08. The van der Waals surface area contributed by atoms with Crippen LogP contribution >= 0.6 is 23.1 Å². The first-order valence-electron chi connectivity index (χ1n) is 11.0. The lowest BCUT2D eigenvalue weighted by Crippen LogP contribution is -2.23. The zero-order valence-corrected chi connectivity index (χ0v) is 20.1. The maximum Gasteiger partial charge on any atom is 0.267 e. The summed E-state index contributed by atoms with van der Waals surface area (Å²) in [4.78, 5) is 33.4. The Morgan fingerprint density at radius 2 is 1.94 bits per heavy atom. The van der Waals surface area contributed by atoms with Crippen molar-refractivity contribution in [2.24, 2.45) is 0 Å².